The summed E-state index contributed by atoms with van der Waals surface area (Å²) in [5.41, 5.74) is 0.673. The van der Waals surface area contributed by atoms with Crippen LogP contribution in [0.1, 0.15) is 36.1 Å². The Bertz CT molecular complexity index is 1110. The number of nitrogens with zero attached hydrogens (tertiary/aromatic N) is 2. The van der Waals surface area contributed by atoms with Crippen LogP contribution in [0, 0.1) is 18.6 Å². The Hall–Kier alpha value is -3.66. The molecule has 0 atom stereocenters. The summed E-state index contributed by atoms with van der Waals surface area (Å²) in [7, 11) is 0. The van der Waals surface area contributed by atoms with Crippen LogP contribution in [0.15, 0.2) is 48.5 Å². The lowest BCUT2D eigenvalue weighted by Gasteiger charge is -2.20. The Morgan fingerprint density at radius 3 is 2.06 bits per heavy atom. The number of halogens is 2. The number of carbonyl (C=O) groups excluding carboxylic acids is 2. The third-order valence-corrected chi connectivity index (χ3v) is 5.44. The number of thiazole rings is 1. The van der Waals surface area contributed by atoms with Gasteiger partial charge in [-0.3, -0.25) is 14.5 Å². The van der Waals surface area contributed by atoms with Crippen LogP contribution in [0.4, 0.5) is 13.9 Å². The molecule has 0 aliphatic rings. The van der Waals surface area contributed by atoms with Crippen molar-refractivity contribution >= 4 is 34.3 Å². The number of hydrogen-bond donors (Lipinski definition) is 2. The molecule has 1 aromatic heterocycles. The number of aromatic carboxylic acids is 1. The number of benzene rings is 2. The Labute approximate surface area is 180 Å². The molecule has 160 valence electrons. The zero-order valence-electron chi connectivity index (χ0n) is 16.3. The maximum absolute atomic E-state index is 13.2. The summed E-state index contributed by atoms with van der Waals surface area (Å²) in [5, 5.41) is 12.0. The molecule has 2 aromatic carbocycles. The summed E-state index contributed by atoms with van der Waals surface area (Å²) in [4.78, 5) is 42.0. The highest BCUT2D eigenvalue weighted by atomic mass is 32.1. The molecule has 0 spiro atoms. The molecule has 3 rings (SSSR count). The largest absolute Gasteiger partial charge is 0.477 e. The SMILES string of the molecule is Cc1nc(N(CCNC(=O)c2ccc(F)cc2)C(=O)c2ccc(F)cc2)sc1C(=O)O. The van der Waals surface area contributed by atoms with Gasteiger partial charge in [-0.1, -0.05) is 11.3 Å². The molecular formula is C21H17F2N3O4S. The van der Waals surface area contributed by atoms with Crippen LogP contribution in [0.5, 0.6) is 0 Å². The first-order chi connectivity index (χ1) is 14.8. The van der Waals surface area contributed by atoms with Gasteiger partial charge < -0.3 is 10.4 Å². The minimum atomic E-state index is -1.17. The van der Waals surface area contributed by atoms with Crippen LogP contribution in [0.2, 0.25) is 0 Å². The summed E-state index contributed by atoms with van der Waals surface area (Å²) < 4.78 is 26.2. The second kappa shape index (κ2) is 9.43. The monoisotopic (exact) mass is 445 g/mol. The Morgan fingerprint density at radius 1 is 1.00 bits per heavy atom. The van der Waals surface area contributed by atoms with E-state index in [1.165, 1.54) is 36.1 Å². The van der Waals surface area contributed by atoms with E-state index in [4.69, 9.17) is 0 Å². The first kappa shape index (κ1) is 22.0. The lowest BCUT2D eigenvalue weighted by molar-refractivity contribution is 0.0700. The zero-order valence-corrected chi connectivity index (χ0v) is 17.1. The fourth-order valence-corrected chi connectivity index (χ4v) is 3.64. The minimum absolute atomic E-state index is 0.0118. The van der Waals surface area contributed by atoms with E-state index in [0.717, 1.165) is 35.6 Å². The summed E-state index contributed by atoms with van der Waals surface area (Å²) in [6.07, 6.45) is 0. The van der Waals surface area contributed by atoms with Crippen molar-refractivity contribution < 1.29 is 28.3 Å². The van der Waals surface area contributed by atoms with E-state index >= 15 is 0 Å². The molecule has 3 aromatic rings. The van der Waals surface area contributed by atoms with Gasteiger partial charge in [-0.25, -0.2) is 18.6 Å². The minimum Gasteiger partial charge on any atom is -0.477 e. The average Bonchev–Trinajstić information content (AvgIpc) is 3.13. The van der Waals surface area contributed by atoms with Crippen molar-refractivity contribution in [1.82, 2.24) is 10.3 Å². The molecule has 7 nitrogen and oxygen atoms in total. The number of carboxylic acids is 1. The molecule has 2 amide bonds. The fraction of sp³-hybridized carbons (Fsp3) is 0.143. The molecule has 0 aliphatic heterocycles. The van der Waals surface area contributed by atoms with Crippen molar-refractivity contribution in [3.8, 4) is 0 Å². The average molecular weight is 445 g/mol. The van der Waals surface area contributed by atoms with Gasteiger partial charge in [0, 0.05) is 24.2 Å². The molecule has 0 radical (unpaired) electrons. The number of aryl methyl sites for hydroxylation is 1. The molecule has 2 N–H and O–H groups in total. The highest BCUT2D eigenvalue weighted by Crippen LogP contribution is 2.27. The van der Waals surface area contributed by atoms with E-state index < -0.39 is 29.4 Å². The number of carbonyl (C=O) groups is 3. The standard InChI is InChI=1S/C21H17F2N3O4S/c1-12-17(20(29)30)31-21(25-12)26(19(28)14-4-8-16(23)9-5-14)11-10-24-18(27)13-2-6-15(22)7-3-13/h2-9H,10-11H2,1H3,(H,24,27)(H,29,30). The number of anilines is 1. The third-order valence-electron chi connectivity index (χ3n) is 4.27. The van der Waals surface area contributed by atoms with Gasteiger partial charge in [0.05, 0.1) is 5.69 Å². The van der Waals surface area contributed by atoms with Gasteiger partial charge in [0.15, 0.2) is 5.13 Å². The van der Waals surface area contributed by atoms with E-state index in [-0.39, 0.29) is 39.9 Å². The van der Waals surface area contributed by atoms with Crippen LogP contribution >= 0.6 is 11.3 Å². The molecule has 0 bridgehead atoms. The second-order valence-corrected chi connectivity index (χ2v) is 7.42. The van der Waals surface area contributed by atoms with Crippen LogP contribution in [0.3, 0.4) is 0 Å². The first-order valence-electron chi connectivity index (χ1n) is 9.08. The van der Waals surface area contributed by atoms with Gasteiger partial charge in [0.25, 0.3) is 11.8 Å². The predicted molar refractivity (Wildman–Crippen MR) is 111 cm³/mol. The molecular weight excluding hydrogens is 428 g/mol. The van der Waals surface area contributed by atoms with Gasteiger partial charge in [-0.15, -0.1) is 0 Å². The van der Waals surface area contributed by atoms with E-state index in [2.05, 4.69) is 10.3 Å². The van der Waals surface area contributed by atoms with Gasteiger partial charge >= 0.3 is 5.97 Å². The fourth-order valence-electron chi connectivity index (χ4n) is 2.71. The normalized spacial score (nSPS) is 10.5. The molecule has 0 fully saturated rings. The van der Waals surface area contributed by atoms with Gasteiger partial charge in [-0.2, -0.15) is 0 Å². The molecule has 0 aliphatic carbocycles. The summed E-state index contributed by atoms with van der Waals surface area (Å²) >= 11 is 0.825. The molecule has 10 heteroatoms. The summed E-state index contributed by atoms with van der Waals surface area (Å²) in [6, 6.07) is 9.86. The van der Waals surface area contributed by atoms with E-state index in [1.807, 2.05) is 0 Å². The number of carboxylic acid groups (broad SMARTS) is 1. The molecule has 0 unspecified atom stereocenters. The number of hydrogen-bond acceptors (Lipinski definition) is 5. The van der Waals surface area contributed by atoms with Gasteiger partial charge in [-0.05, 0) is 55.5 Å². The second-order valence-electron chi connectivity index (χ2n) is 6.44. The Balaban J connectivity index is 1.80. The maximum Gasteiger partial charge on any atom is 0.347 e. The number of aromatic nitrogens is 1. The first-order valence-corrected chi connectivity index (χ1v) is 9.90. The van der Waals surface area contributed by atoms with Crippen LogP contribution in [0.25, 0.3) is 0 Å². The highest BCUT2D eigenvalue weighted by Gasteiger charge is 2.24. The van der Waals surface area contributed by atoms with E-state index in [9.17, 15) is 28.3 Å². The number of rotatable bonds is 7. The van der Waals surface area contributed by atoms with Crippen LogP contribution in [-0.2, 0) is 0 Å². The summed E-state index contributed by atoms with van der Waals surface area (Å²) in [5.74, 6) is -3.13. The van der Waals surface area contributed by atoms with Crippen LogP contribution < -0.4 is 10.2 Å². The molecule has 31 heavy (non-hydrogen) atoms. The molecule has 1 heterocycles. The smallest absolute Gasteiger partial charge is 0.347 e. The van der Waals surface area contributed by atoms with Gasteiger partial charge in [0.1, 0.15) is 16.5 Å². The Kier molecular flexibility index (Phi) is 6.71. The van der Waals surface area contributed by atoms with E-state index in [0.29, 0.717) is 0 Å². The predicted octanol–water partition coefficient (Wildman–Crippen LogP) is 3.50. The summed E-state index contributed by atoms with van der Waals surface area (Å²) in [6.45, 7) is 1.51. The van der Waals surface area contributed by atoms with Gasteiger partial charge in [0.2, 0.25) is 0 Å². The van der Waals surface area contributed by atoms with Crippen molar-refractivity contribution in [3.63, 3.8) is 0 Å². The Morgan fingerprint density at radius 2 is 1.55 bits per heavy atom. The van der Waals surface area contributed by atoms with Crippen molar-refractivity contribution in [3.05, 3.63) is 81.9 Å². The molecule has 0 saturated carbocycles. The third kappa shape index (κ3) is 5.28. The number of nitrogens with one attached hydrogen (secondary N) is 1. The topological polar surface area (TPSA) is 99.6 Å². The lowest BCUT2D eigenvalue weighted by atomic mass is 10.2. The number of amides is 2. The quantitative estimate of drug-likeness (QED) is 0.580. The lowest BCUT2D eigenvalue weighted by Crippen LogP contribution is -2.38. The van der Waals surface area contributed by atoms with Crippen molar-refractivity contribution in [2.75, 3.05) is 18.0 Å². The zero-order chi connectivity index (χ0) is 22.5. The maximum atomic E-state index is 13.2. The van der Waals surface area contributed by atoms with Crippen molar-refractivity contribution in [2.45, 2.75) is 6.92 Å². The van der Waals surface area contributed by atoms with Crippen LogP contribution in [-0.4, -0.2) is 41.0 Å². The van der Waals surface area contributed by atoms with Crippen molar-refractivity contribution in [1.29, 1.82) is 0 Å². The van der Waals surface area contributed by atoms with Crippen molar-refractivity contribution in [2.24, 2.45) is 0 Å². The van der Waals surface area contributed by atoms with E-state index in [1.54, 1.807) is 0 Å². The highest BCUT2D eigenvalue weighted by molar-refractivity contribution is 7.17. The molecule has 0 saturated heterocycles.